The van der Waals surface area contributed by atoms with Crippen molar-refractivity contribution in [2.45, 2.75) is 0 Å². The number of hydrogen-bond donors (Lipinski definition) is 0. The van der Waals surface area contributed by atoms with Gasteiger partial charge in [0.25, 0.3) is 0 Å². The summed E-state index contributed by atoms with van der Waals surface area (Å²) < 4.78 is 0. The van der Waals surface area contributed by atoms with Gasteiger partial charge in [-0.05, 0) is 0 Å². The summed E-state index contributed by atoms with van der Waals surface area (Å²) in [5, 5.41) is 0. The molecule has 50 valence electrons. The molecule has 0 bridgehead atoms. The van der Waals surface area contributed by atoms with Crippen LogP contribution in [0, 0.1) is 14.9 Å². The summed E-state index contributed by atoms with van der Waals surface area (Å²) in [6.45, 7) is 3.25. The van der Waals surface area contributed by atoms with E-state index in [9.17, 15) is 0 Å². The van der Waals surface area contributed by atoms with Crippen LogP contribution in [-0.4, -0.2) is 6.79 Å². The van der Waals surface area contributed by atoms with Gasteiger partial charge < -0.3 is 19.6 Å². The molecule has 0 N–H and O–H groups in total. The molecule has 0 aliphatic carbocycles. The van der Waals surface area contributed by atoms with E-state index < -0.39 is 0 Å². The zero-order valence-corrected chi connectivity index (χ0v) is 9.46. The third-order valence-electron chi connectivity index (χ3n) is 0. The van der Waals surface area contributed by atoms with Crippen LogP contribution in [0.1, 0.15) is 0 Å². The molecule has 0 rings (SSSR count). The molecule has 0 spiro atoms. The van der Waals surface area contributed by atoms with Crippen molar-refractivity contribution in [1.82, 2.24) is 0 Å². The molecule has 0 aromatic heterocycles. The number of rotatable bonds is 0. The molecular weight excluding hydrogens is 215 g/mol. The van der Waals surface area contributed by atoms with E-state index in [4.69, 9.17) is 4.79 Å². The van der Waals surface area contributed by atoms with Gasteiger partial charge in [0.15, 0.2) is 0 Å². The minimum atomic E-state index is 0. The van der Waals surface area contributed by atoms with E-state index in [0.717, 1.165) is 0 Å². The van der Waals surface area contributed by atoms with Crippen molar-refractivity contribution >= 4 is 26.6 Å². The molecule has 0 aromatic carbocycles. The van der Waals surface area contributed by atoms with Gasteiger partial charge in [-0.2, -0.15) is 19.8 Å². The molecule has 2 atom stereocenters. The Morgan fingerprint density at radius 3 is 0.857 bits per heavy atom. The van der Waals surface area contributed by atoms with E-state index in [1.807, 2.05) is 0 Å². The van der Waals surface area contributed by atoms with Crippen LogP contribution in [0.3, 0.4) is 0 Å². The second-order valence-electron chi connectivity index (χ2n) is 0. The molecule has 1 nitrogen and oxygen atoms in total. The fourth-order valence-corrected chi connectivity index (χ4v) is 0. The first-order valence-corrected chi connectivity index (χ1v) is 0.236. The summed E-state index contributed by atoms with van der Waals surface area (Å²) >= 11 is 0. The van der Waals surface area contributed by atoms with E-state index in [1.165, 1.54) is 0 Å². The van der Waals surface area contributed by atoms with E-state index in [2.05, 4.69) is 6.79 Å². The van der Waals surface area contributed by atoms with Crippen LogP contribution >= 0.6 is 19.8 Å². The Balaban J connectivity index is -0.000000000500. The summed E-state index contributed by atoms with van der Waals surface area (Å²) in [4.78, 5) is 7.75. The predicted molar refractivity (Wildman–Crippen MR) is 43.2 cm³/mol. The summed E-state index contributed by atoms with van der Waals surface area (Å²) in [6.07, 6.45) is 0. The van der Waals surface area contributed by atoms with Gasteiger partial charge in [0.2, 0.25) is 0 Å². The third-order valence-corrected chi connectivity index (χ3v) is 0. The van der Waals surface area contributed by atoms with Crippen molar-refractivity contribution in [3.05, 3.63) is 14.9 Å². The van der Waals surface area contributed by atoms with E-state index >= 15 is 0 Å². The van der Waals surface area contributed by atoms with Crippen molar-refractivity contribution in [2.24, 2.45) is 0 Å². The minimum absolute atomic E-state index is 0. The fraction of sp³-hybridized carbons (Fsp3) is 0. The molecule has 0 amide bonds. The van der Waals surface area contributed by atoms with Crippen LogP contribution in [0.5, 0.6) is 0 Å². The van der Waals surface area contributed by atoms with Crippen LogP contribution in [0.4, 0.5) is 0 Å². The Hall–Kier alpha value is 1.15. The van der Waals surface area contributed by atoms with E-state index in [-0.39, 0.29) is 54.1 Å². The molecule has 0 aliphatic heterocycles. The molecule has 0 aliphatic rings. The zero-order chi connectivity index (χ0) is 2.00. The maximum absolute atomic E-state index is 7.75. The van der Waals surface area contributed by atoms with Gasteiger partial charge in [0.05, 0.1) is 0 Å². The van der Waals surface area contributed by atoms with Crippen LogP contribution in [0.15, 0.2) is 0 Å². The van der Waals surface area contributed by atoms with Crippen molar-refractivity contribution in [1.29, 1.82) is 0 Å². The van der Waals surface area contributed by atoms with E-state index in [1.54, 1.807) is 0 Å². The van der Waals surface area contributed by atoms with Crippen LogP contribution in [0.25, 0.3) is 0 Å². The second-order valence-corrected chi connectivity index (χ2v) is 0. The zero-order valence-electron chi connectivity index (χ0n) is 4.78. The molecular formula is C3H14OP2Ru. The first-order chi connectivity index (χ1) is 1.00. The van der Waals surface area contributed by atoms with Gasteiger partial charge in [-0.15, -0.1) is 0 Å². The molecule has 1 radical (unpaired) electrons. The molecule has 4 heteroatoms. The van der Waals surface area contributed by atoms with Gasteiger partial charge in [-0.3, -0.25) is 6.79 Å². The second kappa shape index (κ2) is 204. The normalized spacial score (nSPS) is 0.571. The van der Waals surface area contributed by atoms with Crippen LogP contribution < -0.4 is 0 Å². The van der Waals surface area contributed by atoms with Crippen molar-refractivity contribution in [3.63, 3.8) is 0 Å². The van der Waals surface area contributed by atoms with Gasteiger partial charge >= 0.3 is 19.5 Å². The van der Waals surface area contributed by atoms with E-state index in [0.29, 0.717) is 0 Å². The molecule has 7 heavy (non-hydrogen) atoms. The molecule has 0 fully saturated rings. The molecule has 0 aromatic rings. The standard InChI is InChI=1S/CHO.2CH3.2H3P.Ru.H/c1-2;;;;;;/h1H;4*1H3;;/q3*-1;;;+3;. The monoisotopic (exact) mass is 230 g/mol. The summed E-state index contributed by atoms with van der Waals surface area (Å²) in [5.41, 5.74) is 0. The Morgan fingerprint density at radius 1 is 0.857 bits per heavy atom. The topological polar surface area (TPSA) is 17.1 Å². The third kappa shape index (κ3) is 143. The maximum atomic E-state index is 7.75. The Morgan fingerprint density at radius 2 is 0.857 bits per heavy atom. The van der Waals surface area contributed by atoms with Gasteiger partial charge in [0.1, 0.15) is 0 Å². The first kappa shape index (κ1) is 90.0. The molecule has 2 unspecified atom stereocenters. The average molecular weight is 229 g/mol. The quantitative estimate of drug-likeness (QED) is 0.255. The summed E-state index contributed by atoms with van der Waals surface area (Å²) in [5.74, 6) is 0. The van der Waals surface area contributed by atoms with Crippen LogP contribution in [0.2, 0.25) is 0 Å². The number of carbonyl (C=O) groups excluding carboxylic acids is 1. The summed E-state index contributed by atoms with van der Waals surface area (Å²) in [7, 11) is 0. The Kier molecular flexibility index (Phi) is 2620. The molecule has 0 saturated carbocycles. The van der Waals surface area contributed by atoms with Gasteiger partial charge in [-0.1, -0.05) is 0 Å². The van der Waals surface area contributed by atoms with Crippen molar-refractivity contribution in [2.75, 3.05) is 0 Å². The average Bonchev–Trinajstić information content (AvgIpc) is 1.00. The number of hydrogen-bond acceptors (Lipinski definition) is 1. The first-order valence-electron chi connectivity index (χ1n) is 0.236. The van der Waals surface area contributed by atoms with Crippen molar-refractivity contribution < 1.29 is 24.3 Å². The van der Waals surface area contributed by atoms with Gasteiger partial charge in [-0.25, -0.2) is 0 Å². The SMILES string of the molecule is P.P.[CH-]=O.[CH3-].[CH3-].[RuH+3]. The van der Waals surface area contributed by atoms with Crippen LogP contribution in [-0.2, 0) is 24.3 Å². The Bertz CT molecular complexity index is 12.9. The molecule has 0 heterocycles. The predicted octanol–water partition coefficient (Wildman–Crippen LogP) is 0.472. The fourth-order valence-electron chi connectivity index (χ4n) is 0. The van der Waals surface area contributed by atoms with Crippen molar-refractivity contribution in [3.8, 4) is 0 Å². The van der Waals surface area contributed by atoms with Gasteiger partial charge in [0, 0.05) is 0 Å². The molecule has 0 saturated heterocycles. The Labute approximate surface area is 66.0 Å². The summed E-state index contributed by atoms with van der Waals surface area (Å²) in [6, 6.07) is 0.